The second kappa shape index (κ2) is 6.87. The van der Waals surface area contributed by atoms with E-state index < -0.39 is 0 Å². The van der Waals surface area contributed by atoms with Crippen LogP contribution in [-0.4, -0.2) is 33.2 Å². The minimum Gasteiger partial charge on any atom is -0.355 e. The minimum absolute atomic E-state index is 0.170. The molecular formula is C19H21N5O2. The Morgan fingerprint density at radius 2 is 1.58 bits per heavy atom. The first-order chi connectivity index (χ1) is 12.4. The lowest BCUT2D eigenvalue weighted by Crippen LogP contribution is -2.18. The molecule has 26 heavy (non-hydrogen) atoms. The molecule has 0 radical (unpaired) electrons. The Balaban J connectivity index is 1.89. The van der Waals surface area contributed by atoms with Gasteiger partial charge in [0.1, 0.15) is 11.4 Å². The molecule has 0 aliphatic rings. The fraction of sp³-hybridized carbons (Fsp3) is 0.211. The SMILES string of the molecule is CNC(=O)c1ccc(NC(=O)c2cnn(C)c2-n2c(C)ccc2C)cc1. The van der Waals surface area contributed by atoms with Gasteiger partial charge in [-0.2, -0.15) is 5.10 Å². The van der Waals surface area contributed by atoms with Crippen LogP contribution in [0.15, 0.2) is 42.6 Å². The van der Waals surface area contributed by atoms with Gasteiger partial charge in [0, 0.05) is 36.7 Å². The minimum atomic E-state index is -0.256. The van der Waals surface area contributed by atoms with Gasteiger partial charge in [0.25, 0.3) is 11.8 Å². The zero-order chi connectivity index (χ0) is 18.8. The number of aromatic nitrogens is 3. The van der Waals surface area contributed by atoms with Crippen LogP contribution in [0.4, 0.5) is 5.69 Å². The number of hydrogen-bond donors (Lipinski definition) is 2. The highest BCUT2D eigenvalue weighted by molar-refractivity contribution is 6.06. The molecule has 0 aliphatic heterocycles. The van der Waals surface area contributed by atoms with Crippen molar-refractivity contribution in [2.45, 2.75) is 13.8 Å². The van der Waals surface area contributed by atoms with Gasteiger partial charge in [-0.25, -0.2) is 0 Å². The smallest absolute Gasteiger partial charge is 0.261 e. The summed E-state index contributed by atoms with van der Waals surface area (Å²) in [4.78, 5) is 24.4. The summed E-state index contributed by atoms with van der Waals surface area (Å²) in [5.74, 6) is 0.286. The van der Waals surface area contributed by atoms with Gasteiger partial charge in [-0.05, 0) is 50.2 Å². The van der Waals surface area contributed by atoms with Crippen LogP contribution in [-0.2, 0) is 7.05 Å². The molecule has 2 amide bonds. The molecule has 0 fully saturated rings. The van der Waals surface area contributed by atoms with Crippen LogP contribution in [0.25, 0.3) is 5.82 Å². The second-order valence-corrected chi connectivity index (χ2v) is 6.07. The predicted octanol–water partition coefficient (Wildman–Crippen LogP) is 2.44. The Labute approximate surface area is 151 Å². The van der Waals surface area contributed by atoms with E-state index in [1.807, 2.05) is 37.6 Å². The van der Waals surface area contributed by atoms with Gasteiger partial charge in [0.05, 0.1) is 6.20 Å². The number of rotatable bonds is 4. The summed E-state index contributed by atoms with van der Waals surface area (Å²) < 4.78 is 3.68. The molecule has 0 atom stereocenters. The van der Waals surface area contributed by atoms with Crippen molar-refractivity contribution in [1.82, 2.24) is 19.7 Å². The van der Waals surface area contributed by atoms with Crippen molar-refractivity contribution in [3.8, 4) is 5.82 Å². The first-order valence-corrected chi connectivity index (χ1v) is 8.23. The van der Waals surface area contributed by atoms with Crippen LogP contribution in [0.3, 0.4) is 0 Å². The summed E-state index contributed by atoms with van der Waals surface area (Å²) in [7, 11) is 3.39. The monoisotopic (exact) mass is 351 g/mol. The third-order valence-corrected chi connectivity index (χ3v) is 4.27. The number of amides is 2. The molecule has 2 aromatic heterocycles. The van der Waals surface area contributed by atoms with Crippen molar-refractivity contribution in [1.29, 1.82) is 0 Å². The average Bonchev–Trinajstić information content (AvgIpc) is 3.16. The van der Waals surface area contributed by atoms with Gasteiger partial charge in [-0.3, -0.25) is 14.3 Å². The van der Waals surface area contributed by atoms with Gasteiger partial charge in [0.15, 0.2) is 0 Å². The third-order valence-electron chi connectivity index (χ3n) is 4.27. The van der Waals surface area contributed by atoms with E-state index in [2.05, 4.69) is 15.7 Å². The highest BCUT2D eigenvalue weighted by Crippen LogP contribution is 2.21. The Morgan fingerprint density at radius 3 is 2.15 bits per heavy atom. The Morgan fingerprint density at radius 1 is 0.962 bits per heavy atom. The molecule has 0 spiro atoms. The zero-order valence-electron chi connectivity index (χ0n) is 15.2. The van der Waals surface area contributed by atoms with Crippen molar-refractivity contribution < 1.29 is 9.59 Å². The molecule has 0 saturated carbocycles. The molecule has 0 unspecified atom stereocenters. The maximum Gasteiger partial charge on any atom is 0.261 e. The summed E-state index contributed by atoms with van der Waals surface area (Å²) in [6.45, 7) is 3.97. The zero-order valence-corrected chi connectivity index (χ0v) is 15.2. The Bertz CT molecular complexity index is 947. The van der Waals surface area contributed by atoms with Crippen LogP contribution < -0.4 is 10.6 Å². The van der Waals surface area contributed by atoms with Crippen LogP contribution in [0.1, 0.15) is 32.1 Å². The van der Waals surface area contributed by atoms with Gasteiger partial charge >= 0.3 is 0 Å². The average molecular weight is 351 g/mol. The summed E-state index contributed by atoms with van der Waals surface area (Å²) in [6.07, 6.45) is 1.56. The summed E-state index contributed by atoms with van der Waals surface area (Å²) in [6, 6.07) is 10.7. The van der Waals surface area contributed by atoms with E-state index in [4.69, 9.17) is 0 Å². The maximum absolute atomic E-state index is 12.8. The van der Waals surface area contributed by atoms with E-state index >= 15 is 0 Å². The molecule has 3 rings (SSSR count). The van der Waals surface area contributed by atoms with Crippen molar-refractivity contribution in [3.63, 3.8) is 0 Å². The van der Waals surface area contributed by atoms with Crippen LogP contribution in [0.5, 0.6) is 0 Å². The Kier molecular flexibility index (Phi) is 4.62. The largest absolute Gasteiger partial charge is 0.355 e. The summed E-state index contributed by atoms with van der Waals surface area (Å²) in [5, 5.41) is 9.67. The topological polar surface area (TPSA) is 81.0 Å². The molecule has 0 aliphatic carbocycles. The number of hydrogen-bond acceptors (Lipinski definition) is 3. The standard InChI is InChI=1S/C19H21N5O2/c1-12-5-6-13(2)24(12)19-16(11-21-23(19)4)18(26)22-15-9-7-14(8-10-15)17(25)20-3/h5-11H,1-4H3,(H,20,25)(H,22,26). The number of nitrogens with one attached hydrogen (secondary N) is 2. The third kappa shape index (κ3) is 3.11. The lowest BCUT2D eigenvalue weighted by molar-refractivity contribution is 0.0962. The number of aryl methyl sites for hydroxylation is 3. The van der Waals surface area contributed by atoms with Crippen LogP contribution >= 0.6 is 0 Å². The quantitative estimate of drug-likeness (QED) is 0.757. The van der Waals surface area contributed by atoms with E-state index in [0.29, 0.717) is 22.6 Å². The van der Waals surface area contributed by atoms with Gasteiger partial charge in [-0.1, -0.05) is 0 Å². The fourth-order valence-corrected chi connectivity index (χ4v) is 2.91. The number of benzene rings is 1. The number of anilines is 1. The predicted molar refractivity (Wildman–Crippen MR) is 99.8 cm³/mol. The lowest BCUT2D eigenvalue weighted by atomic mass is 10.2. The first-order valence-electron chi connectivity index (χ1n) is 8.23. The first kappa shape index (κ1) is 17.5. The summed E-state index contributed by atoms with van der Waals surface area (Å²) in [5.41, 5.74) is 3.67. The van der Waals surface area contributed by atoms with Crippen molar-refractivity contribution in [2.24, 2.45) is 7.05 Å². The molecule has 7 nitrogen and oxygen atoms in total. The number of carbonyl (C=O) groups is 2. The maximum atomic E-state index is 12.8. The van der Waals surface area contributed by atoms with Gasteiger partial charge in [-0.15, -0.1) is 0 Å². The second-order valence-electron chi connectivity index (χ2n) is 6.07. The molecule has 3 aromatic rings. The molecular weight excluding hydrogens is 330 g/mol. The molecule has 134 valence electrons. The molecule has 2 N–H and O–H groups in total. The van der Waals surface area contributed by atoms with E-state index in [1.54, 1.807) is 42.2 Å². The van der Waals surface area contributed by atoms with E-state index in [9.17, 15) is 9.59 Å². The lowest BCUT2D eigenvalue weighted by Gasteiger charge is -2.12. The molecule has 2 heterocycles. The molecule has 0 bridgehead atoms. The van der Waals surface area contributed by atoms with E-state index in [-0.39, 0.29) is 11.8 Å². The van der Waals surface area contributed by atoms with E-state index in [0.717, 1.165) is 11.4 Å². The Hall–Kier alpha value is -3.35. The number of carbonyl (C=O) groups excluding carboxylic acids is 2. The highest BCUT2D eigenvalue weighted by Gasteiger charge is 2.20. The van der Waals surface area contributed by atoms with Crippen LogP contribution in [0, 0.1) is 13.8 Å². The van der Waals surface area contributed by atoms with Crippen LogP contribution in [0.2, 0.25) is 0 Å². The van der Waals surface area contributed by atoms with E-state index in [1.165, 1.54) is 0 Å². The number of nitrogens with zero attached hydrogens (tertiary/aromatic N) is 3. The molecule has 1 aromatic carbocycles. The molecule has 7 heteroatoms. The highest BCUT2D eigenvalue weighted by atomic mass is 16.2. The van der Waals surface area contributed by atoms with Gasteiger partial charge in [0.2, 0.25) is 0 Å². The summed E-state index contributed by atoms with van der Waals surface area (Å²) >= 11 is 0. The van der Waals surface area contributed by atoms with Crippen molar-refractivity contribution in [3.05, 3.63) is 65.1 Å². The van der Waals surface area contributed by atoms with Gasteiger partial charge < -0.3 is 15.2 Å². The molecule has 0 saturated heterocycles. The van der Waals surface area contributed by atoms with Crippen molar-refractivity contribution in [2.75, 3.05) is 12.4 Å². The fourth-order valence-electron chi connectivity index (χ4n) is 2.91. The normalized spacial score (nSPS) is 10.6. The van der Waals surface area contributed by atoms with Crippen molar-refractivity contribution >= 4 is 17.5 Å².